The van der Waals surface area contributed by atoms with Crippen LogP contribution in [0.25, 0.3) is 11.0 Å². The van der Waals surface area contributed by atoms with E-state index >= 15 is 0 Å². The van der Waals surface area contributed by atoms with Gasteiger partial charge in [-0.2, -0.15) is 0 Å². The SMILES string of the molecule is CCc1cc2ncc(CN3CCC4C(C3)CN4c3ccc(C(=O)NC)nc3)cc2[nH]c1=O. The van der Waals surface area contributed by atoms with Gasteiger partial charge in [0.1, 0.15) is 5.69 Å². The zero-order valence-corrected chi connectivity index (χ0v) is 18.5. The number of hydrogen-bond donors (Lipinski definition) is 2. The zero-order chi connectivity index (χ0) is 22.2. The summed E-state index contributed by atoms with van der Waals surface area (Å²) in [6, 6.07) is 8.25. The maximum absolute atomic E-state index is 12.1. The Morgan fingerprint density at radius 1 is 1.22 bits per heavy atom. The van der Waals surface area contributed by atoms with E-state index in [-0.39, 0.29) is 11.5 Å². The van der Waals surface area contributed by atoms with Crippen LogP contribution >= 0.6 is 0 Å². The molecule has 2 saturated heterocycles. The van der Waals surface area contributed by atoms with E-state index in [4.69, 9.17) is 0 Å². The van der Waals surface area contributed by atoms with Crippen molar-refractivity contribution >= 4 is 22.6 Å². The minimum Gasteiger partial charge on any atom is -0.366 e. The molecule has 2 aliphatic heterocycles. The molecule has 8 heteroatoms. The summed E-state index contributed by atoms with van der Waals surface area (Å²) in [6.45, 7) is 5.89. The van der Waals surface area contributed by atoms with Crippen molar-refractivity contribution in [3.8, 4) is 0 Å². The third-order valence-corrected chi connectivity index (χ3v) is 6.76. The smallest absolute Gasteiger partial charge is 0.269 e. The molecule has 0 radical (unpaired) electrons. The van der Waals surface area contributed by atoms with E-state index in [9.17, 15) is 9.59 Å². The molecule has 0 spiro atoms. The van der Waals surface area contributed by atoms with Crippen LogP contribution in [0.1, 0.15) is 35.0 Å². The van der Waals surface area contributed by atoms with E-state index in [0.717, 1.165) is 60.4 Å². The lowest BCUT2D eigenvalue weighted by Gasteiger charge is -2.54. The summed E-state index contributed by atoms with van der Waals surface area (Å²) in [7, 11) is 1.61. The van der Waals surface area contributed by atoms with E-state index in [0.29, 0.717) is 24.1 Å². The molecule has 3 aromatic rings. The molecular formula is C24H28N6O2. The Labute approximate surface area is 186 Å². The largest absolute Gasteiger partial charge is 0.366 e. The van der Waals surface area contributed by atoms with Crippen molar-refractivity contribution < 1.29 is 4.79 Å². The standard InChI is InChI=1S/C24H28N6O2/c1-3-16-9-20-21(28-23(16)31)8-15(10-26-20)12-29-7-6-22-17(13-29)14-30(22)18-4-5-19(27-11-18)24(32)25-2/h4-5,8-11,17,22H,3,6-7,12-14H2,1-2H3,(H,25,32)(H,28,31). The number of amides is 1. The number of nitrogens with one attached hydrogen (secondary N) is 2. The number of H-pyrrole nitrogens is 1. The highest BCUT2D eigenvalue weighted by Crippen LogP contribution is 2.36. The Hall–Kier alpha value is -3.26. The number of aromatic nitrogens is 3. The molecule has 1 amide bonds. The molecule has 8 nitrogen and oxygen atoms in total. The number of fused-ring (bicyclic) bond motifs is 2. The van der Waals surface area contributed by atoms with Crippen LogP contribution in [-0.2, 0) is 13.0 Å². The molecule has 0 aliphatic carbocycles. The highest BCUT2D eigenvalue weighted by molar-refractivity contribution is 5.92. The molecule has 0 aromatic carbocycles. The van der Waals surface area contributed by atoms with Gasteiger partial charge in [-0.25, -0.2) is 4.98 Å². The molecule has 166 valence electrons. The van der Waals surface area contributed by atoms with Crippen molar-refractivity contribution in [1.29, 1.82) is 0 Å². The number of carbonyl (C=O) groups excluding carboxylic acids is 1. The van der Waals surface area contributed by atoms with Crippen LogP contribution < -0.4 is 15.8 Å². The third-order valence-electron chi connectivity index (χ3n) is 6.76. The first-order valence-electron chi connectivity index (χ1n) is 11.2. The third kappa shape index (κ3) is 3.75. The number of aromatic amines is 1. The van der Waals surface area contributed by atoms with Crippen LogP contribution in [-0.4, -0.2) is 58.5 Å². The summed E-state index contributed by atoms with van der Waals surface area (Å²) in [5.74, 6) is 0.465. The molecular weight excluding hydrogens is 404 g/mol. The van der Waals surface area contributed by atoms with Gasteiger partial charge < -0.3 is 15.2 Å². The average Bonchev–Trinajstić information content (AvgIpc) is 2.80. The van der Waals surface area contributed by atoms with Gasteiger partial charge in [-0.3, -0.25) is 19.5 Å². The van der Waals surface area contributed by atoms with Crippen molar-refractivity contribution in [1.82, 2.24) is 25.2 Å². The van der Waals surface area contributed by atoms with Gasteiger partial charge in [0, 0.05) is 56.9 Å². The van der Waals surface area contributed by atoms with Crippen LogP contribution in [0.2, 0.25) is 0 Å². The predicted molar refractivity (Wildman–Crippen MR) is 124 cm³/mol. The average molecular weight is 433 g/mol. The van der Waals surface area contributed by atoms with Gasteiger partial charge >= 0.3 is 0 Å². The lowest BCUT2D eigenvalue weighted by molar-refractivity contribution is 0.0958. The first kappa shape index (κ1) is 20.6. The fraction of sp³-hybridized carbons (Fsp3) is 0.417. The Morgan fingerprint density at radius 3 is 2.81 bits per heavy atom. The van der Waals surface area contributed by atoms with Gasteiger partial charge in [0.25, 0.3) is 11.5 Å². The molecule has 5 heterocycles. The Bertz CT molecular complexity index is 1210. The molecule has 2 unspecified atom stereocenters. The number of carbonyl (C=O) groups is 1. The second-order valence-corrected chi connectivity index (χ2v) is 8.74. The van der Waals surface area contributed by atoms with Crippen LogP contribution in [0.15, 0.2) is 41.5 Å². The Kier molecular flexibility index (Phi) is 5.38. The lowest BCUT2D eigenvalue weighted by Crippen LogP contribution is -2.63. The number of likely N-dealkylation sites (tertiary alicyclic amines) is 1. The second kappa shape index (κ2) is 8.35. The summed E-state index contributed by atoms with van der Waals surface area (Å²) >= 11 is 0. The number of piperidine rings is 1. The number of rotatable bonds is 5. The van der Waals surface area contributed by atoms with Crippen LogP contribution in [0.5, 0.6) is 0 Å². The summed E-state index contributed by atoms with van der Waals surface area (Å²) < 4.78 is 0. The number of aryl methyl sites for hydroxylation is 1. The maximum Gasteiger partial charge on any atom is 0.269 e. The van der Waals surface area contributed by atoms with Crippen LogP contribution in [0, 0.1) is 5.92 Å². The quantitative estimate of drug-likeness (QED) is 0.640. The number of nitrogens with zero attached hydrogens (tertiary/aromatic N) is 4. The van der Waals surface area contributed by atoms with Crippen LogP contribution in [0.3, 0.4) is 0 Å². The van der Waals surface area contributed by atoms with E-state index in [1.807, 2.05) is 25.3 Å². The topological polar surface area (TPSA) is 94.2 Å². The summed E-state index contributed by atoms with van der Waals surface area (Å²) in [5.41, 5.74) is 5.05. The van der Waals surface area contributed by atoms with Gasteiger partial charge in [-0.1, -0.05) is 6.92 Å². The zero-order valence-electron chi connectivity index (χ0n) is 18.5. The minimum absolute atomic E-state index is 0.0211. The molecule has 2 N–H and O–H groups in total. The van der Waals surface area contributed by atoms with Gasteiger partial charge in [0.15, 0.2) is 0 Å². The van der Waals surface area contributed by atoms with Gasteiger partial charge in [-0.15, -0.1) is 0 Å². The Morgan fingerprint density at radius 2 is 2.09 bits per heavy atom. The van der Waals surface area contributed by atoms with Crippen molar-refractivity contribution in [2.24, 2.45) is 5.92 Å². The summed E-state index contributed by atoms with van der Waals surface area (Å²) in [6.07, 6.45) is 5.54. The van der Waals surface area contributed by atoms with Crippen LogP contribution in [0.4, 0.5) is 5.69 Å². The molecule has 2 atom stereocenters. The Balaban J connectivity index is 1.22. The molecule has 3 aromatic heterocycles. The van der Waals surface area contributed by atoms with E-state index in [1.54, 1.807) is 19.3 Å². The fourth-order valence-corrected chi connectivity index (χ4v) is 4.97. The van der Waals surface area contributed by atoms with Gasteiger partial charge in [0.05, 0.1) is 22.9 Å². The summed E-state index contributed by atoms with van der Waals surface area (Å²) in [5, 5.41) is 2.60. The summed E-state index contributed by atoms with van der Waals surface area (Å²) in [4.78, 5) is 40.6. The highest BCUT2D eigenvalue weighted by Gasteiger charge is 2.42. The van der Waals surface area contributed by atoms with E-state index in [2.05, 4.69) is 36.1 Å². The predicted octanol–water partition coefficient (Wildman–Crippen LogP) is 1.95. The second-order valence-electron chi connectivity index (χ2n) is 8.74. The van der Waals surface area contributed by atoms with Crippen molar-refractivity contribution in [2.75, 3.05) is 31.6 Å². The fourth-order valence-electron chi connectivity index (χ4n) is 4.97. The minimum atomic E-state index is -0.163. The molecule has 32 heavy (non-hydrogen) atoms. The molecule has 0 saturated carbocycles. The van der Waals surface area contributed by atoms with E-state index < -0.39 is 0 Å². The number of pyridine rings is 3. The molecule has 0 bridgehead atoms. The number of hydrogen-bond acceptors (Lipinski definition) is 6. The van der Waals surface area contributed by atoms with Crippen molar-refractivity contribution in [3.63, 3.8) is 0 Å². The van der Waals surface area contributed by atoms with Crippen molar-refractivity contribution in [2.45, 2.75) is 32.4 Å². The molecule has 5 rings (SSSR count). The first-order chi connectivity index (χ1) is 15.6. The van der Waals surface area contributed by atoms with E-state index in [1.165, 1.54) is 0 Å². The molecule has 2 aliphatic rings. The van der Waals surface area contributed by atoms with Gasteiger partial charge in [-0.05, 0) is 42.7 Å². The lowest BCUT2D eigenvalue weighted by atomic mass is 9.82. The highest BCUT2D eigenvalue weighted by atomic mass is 16.1. The molecule has 2 fully saturated rings. The van der Waals surface area contributed by atoms with Gasteiger partial charge in [0.2, 0.25) is 0 Å². The maximum atomic E-state index is 12.1. The number of anilines is 1. The van der Waals surface area contributed by atoms with Crippen molar-refractivity contribution in [3.05, 3.63) is 63.8 Å². The first-order valence-corrected chi connectivity index (χ1v) is 11.2. The normalized spacial score (nSPS) is 20.6. The monoisotopic (exact) mass is 432 g/mol.